The van der Waals surface area contributed by atoms with Gasteiger partial charge in [-0.1, -0.05) is 12.1 Å². The summed E-state index contributed by atoms with van der Waals surface area (Å²) in [5.74, 6) is -2.08. The first kappa shape index (κ1) is 22.8. The average Bonchev–Trinajstić information content (AvgIpc) is 2.66. The number of thioether (sulfide) groups is 1. The molecule has 0 unspecified atom stereocenters. The molecule has 0 aromatic heterocycles. The quantitative estimate of drug-likeness (QED) is 0.264. The van der Waals surface area contributed by atoms with Crippen LogP contribution < -0.4 is 5.32 Å². The second-order valence-corrected chi connectivity index (χ2v) is 6.32. The van der Waals surface area contributed by atoms with Gasteiger partial charge in [-0.2, -0.15) is 0 Å². The number of nitrogens with one attached hydrogen (secondary N) is 1. The highest BCUT2D eigenvalue weighted by Gasteiger charge is 2.49. The summed E-state index contributed by atoms with van der Waals surface area (Å²) >= 11 is 1.46. The maximum absolute atomic E-state index is 12.8. The molecule has 0 bridgehead atoms. The standard InChI is InChI=1S/C19H27NO6S/c1-5-24-16(21)12-13-19(17(22)25-6-2,18(23)26-7-3)20-14-10-8-9-11-15(14)27-4/h8-11,20H,5-7,12-13H2,1-4H3. The van der Waals surface area contributed by atoms with Crippen LogP contribution in [0.15, 0.2) is 29.2 Å². The number of hydrogen-bond donors (Lipinski definition) is 1. The third kappa shape index (κ3) is 6.16. The second kappa shape index (κ2) is 11.5. The lowest BCUT2D eigenvalue weighted by molar-refractivity contribution is -0.163. The Labute approximate surface area is 164 Å². The number of para-hydroxylation sites is 1. The molecular formula is C19H27NO6S. The van der Waals surface area contributed by atoms with E-state index in [1.54, 1.807) is 32.9 Å². The maximum Gasteiger partial charge on any atom is 0.343 e. The van der Waals surface area contributed by atoms with Crippen molar-refractivity contribution in [3.05, 3.63) is 24.3 Å². The second-order valence-electron chi connectivity index (χ2n) is 5.48. The molecule has 8 heteroatoms. The van der Waals surface area contributed by atoms with Gasteiger partial charge in [0, 0.05) is 23.4 Å². The van der Waals surface area contributed by atoms with Crippen LogP contribution in [0.1, 0.15) is 33.6 Å². The third-order valence-corrected chi connectivity index (χ3v) is 4.51. The highest BCUT2D eigenvalue weighted by atomic mass is 32.2. The molecule has 0 radical (unpaired) electrons. The van der Waals surface area contributed by atoms with Crippen LogP contribution in [0.3, 0.4) is 0 Å². The molecule has 0 atom stereocenters. The molecular weight excluding hydrogens is 370 g/mol. The van der Waals surface area contributed by atoms with Crippen LogP contribution >= 0.6 is 11.8 Å². The van der Waals surface area contributed by atoms with Crippen molar-refractivity contribution in [3.8, 4) is 0 Å². The molecule has 0 spiro atoms. The molecule has 0 saturated heterocycles. The predicted octanol–water partition coefficient (Wildman–Crippen LogP) is 3.03. The maximum atomic E-state index is 12.8. The fraction of sp³-hybridized carbons (Fsp3) is 0.526. The van der Waals surface area contributed by atoms with Crippen LogP contribution in [0.4, 0.5) is 5.69 Å². The van der Waals surface area contributed by atoms with Gasteiger partial charge in [0.2, 0.25) is 5.54 Å². The molecule has 1 N–H and O–H groups in total. The zero-order valence-corrected chi connectivity index (χ0v) is 17.0. The first-order chi connectivity index (χ1) is 12.9. The monoisotopic (exact) mass is 397 g/mol. The molecule has 0 saturated carbocycles. The zero-order valence-electron chi connectivity index (χ0n) is 16.2. The minimum Gasteiger partial charge on any atom is -0.466 e. The molecule has 27 heavy (non-hydrogen) atoms. The summed E-state index contributed by atoms with van der Waals surface area (Å²) in [6.45, 7) is 5.38. The van der Waals surface area contributed by atoms with E-state index in [2.05, 4.69) is 5.32 Å². The van der Waals surface area contributed by atoms with Crippen LogP contribution in [0.2, 0.25) is 0 Å². The summed E-state index contributed by atoms with van der Waals surface area (Å²) in [7, 11) is 0. The Bertz CT molecular complexity index is 631. The molecule has 150 valence electrons. The van der Waals surface area contributed by atoms with E-state index in [1.165, 1.54) is 11.8 Å². The van der Waals surface area contributed by atoms with E-state index in [0.717, 1.165) is 4.90 Å². The van der Waals surface area contributed by atoms with Crippen molar-refractivity contribution in [2.24, 2.45) is 0 Å². The normalized spacial score (nSPS) is 10.8. The van der Waals surface area contributed by atoms with E-state index in [9.17, 15) is 14.4 Å². The number of rotatable bonds is 11. The van der Waals surface area contributed by atoms with Crippen molar-refractivity contribution in [1.29, 1.82) is 0 Å². The zero-order chi connectivity index (χ0) is 20.3. The minimum atomic E-state index is -1.84. The predicted molar refractivity (Wildman–Crippen MR) is 104 cm³/mol. The molecule has 1 aromatic rings. The molecule has 0 aliphatic carbocycles. The van der Waals surface area contributed by atoms with Gasteiger partial charge >= 0.3 is 17.9 Å². The number of ether oxygens (including phenoxy) is 3. The molecule has 0 heterocycles. The number of anilines is 1. The fourth-order valence-electron chi connectivity index (χ4n) is 2.46. The lowest BCUT2D eigenvalue weighted by atomic mass is 9.92. The van der Waals surface area contributed by atoms with Gasteiger partial charge in [0.25, 0.3) is 0 Å². The van der Waals surface area contributed by atoms with Crippen molar-refractivity contribution in [2.45, 2.75) is 44.0 Å². The molecule has 1 aromatic carbocycles. The summed E-state index contributed by atoms with van der Waals surface area (Å²) in [5.41, 5.74) is -1.26. The Balaban J connectivity index is 3.32. The molecule has 0 fully saturated rings. The smallest absolute Gasteiger partial charge is 0.343 e. The average molecular weight is 397 g/mol. The van der Waals surface area contributed by atoms with Crippen molar-refractivity contribution in [3.63, 3.8) is 0 Å². The summed E-state index contributed by atoms with van der Waals surface area (Å²) in [6.07, 6.45) is 1.60. The van der Waals surface area contributed by atoms with E-state index < -0.39 is 23.4 Å². The van der Waals surface area contributed by atoms with Gasteiger partial charge in [-0.05, 0) is 39.2 Å². The Morgan fingerprint density at radius 3 is 2.04 bits per heavy atom. The number of carbonyl (C=O) groups is 3. The van der Waals surface area contributed by atoms with Crippen molar-refractivity contribution in [1.82, 2.24) is 0 Å². The highest BCUT2D eigenvalue weighted by Crippen LogP contribution is 2.31. The van der Waals surface area contributed by atoms with E-state index >= 15 is 0 Å². The number of hydrogen-bond acceptors (Lipinski definition) is 8. The van der Waals surface area contributed by atoms with Crippen LogP contribution in [-0.2, 0) is 28.6 Å². The first-order valence-electron chi connectivity index (χ1n) is 8.86. The summed E-state index contributed by atoms with van der Waals surface area (Å²) in [5, 5.41) is 3.00. The Morgan fingerprint density at radius 1 is 0.963 bits per heavy atom. The summed E-state index contributed by atoms with van der Waals surface area (Å²) in [4.78, 5) is 38.3. The molecule has 0 amide bonds. The SMILES string of the molecule is CCOC(=O)CCC(Nc1ccccc1SC)(C(=O)OCC)C(=O)OCC. The Hall–Kier alpha value is -2.22. The lowest BCUT2D eigenvalue weighted by Gasteiger charge is -2.31. The molecule has 0 aliphatic heterocycles. The topological polar surface area (TPSA) is 90.9 Å². The van der Waals surface area contributed by atoms with Crippen molar-refractivity contribution < 1.29 is 28.6 Å². The number of esters is 3. The third-order valence-electron chi connectivity index (χ3n) is 3.71. The lowest BCUT2D eigenvalue weighted by Crippen LogP contribution is -2.55. The first-order valence-corrected chi connectivity index (χ1v) is 10.1. The van der Waals surface area contributed by atoms with Gasteiger partial charge in [-0.25, -0.2) is 9.59 Å². The largest absolute Gasteiger partial charge is 0.466 e. The van der Waals surface area contributed by atoms with Gasteiger partial charge in [-0.15, -0.1) is 11.8 Å². The van der Waals surface area contributed by atoms with Gasteiger partial charge in [0.05, 0.1) is 19.8 Å². The summed E-state index contributed by atoms with van der Waals surface area (Å²) in [6, 6.07) is 7.25. The van der Waals surface area contributed by atoms with Crippen molar-refractivity contribution in [2.75, 3.05) is 31.4 Å². The fourth-order valence-corrected chi connectivity index (χ4v) is 3.01. The van der Waals surface area contributed by atoms with Crippen LogP contribution in [0.5, 0.6) is 0 Å². The van der Waals surface area contributed by atoms with E-state index in [-0.39, 0.29) is 32.7 Å². The van der Waals surface area contributed by atoms with E-state index in [0.29, 0.717) is 5.69 Å². The van der Waals surface area contributed by atoms with E-state index in [1.807, 2.05) is 18.4 Å². The van der Waals surface area contributed by atoms with Gasteiger partial charge in [0.15, 0.2) is 0 Å². The van der Waals surface area contributed by atoms with Crippen molar-refractivity contribution >= 4 is 35.4 Å². The number of benzene rings is 1. The number of carbonyl (C=O) groups excluding carboxylic acids is 3. The Kier molecular flexibility index (Phi) is 9.71. The summed E-state index contributed by atoms with van der Waals surface area (Å²) < 4.78 is 15.2. The van der Waals surface area contributed by atoms with Crippen LogP contribution in [0, 0.1) is 0 Å². The minimum absolute atomic E-state index is 0.0885. The van der Waals surface area contributed by atoms with Gasteiger partial charge in [-0.3, -0.25) is 4.79 Å². The van der Waals surface area contributed by atoms with Crippen LogP contribution in [0.25, 0.3) is 0 Å². The molecule has 1 rings (SSSR count). The van der Waals surface area contributed by atoms with Crippen LogP contribution in [-0.4, -0.2) is 49.5 Å². The van der Waals surface area contributed by atoms with E-state index in [4.69, 9.17) is 14.2 Å². The highest BCUT2D eigenvalue weighted by molar-refractivity contribution is 7.98. The Morgan fingerprint density at radius 2 is 1.52 bits per heavy atom. The molecule has 7 nitrogen and oxygen atoms in total. The van der Waals surface area contributed by atoms with Gasteiger partial charge < -0.3 is 19.5 Å². The molecule has 0 aliphatic rings. The van der Waals surface area contributed by atoms with Gasteiger partial charge in [0.1, 0.15) is 0 Å².